The number of benzene rings is 1. The van der Waals surface area contributed by atoms with Crippen molar-refractivity contribution >= 4 is 0 Å². The van der Waals surface area contributed by atoms with E-state index in [1.807, 2.05) is 22.9 Å². The molecule has 0 unspecified atom stereocenters. The Morgan fingerprint density at radius 1 is 1.12 bits per heavy atom. The van der Waals surface area contributed by atoms with Crippen LogP contribution in [0.4, 0.5) is 0 Å². The summed E-state index contributed by atoms with van der Waals surface area (Å²) in [5.74, 6) is 2.54. The Labute approximate surface area is 148 Å². The van der Waals surface area contributed by atoms with E-state index in [2.05, 4.69) is 33.9 Å². The molecule has 1 atom stereocenters. The Kier molecular flexibility index (Phi) is 4.59. The fraction of sp³-hybridized carbons (Fsp3) is 0.556. The molecule has 1 saturated heterocycles. The second-order valence-electron chi connectivity index (χ2n) is 6.85. The average molecular weight is 343 g/mol. The van der Waals surface area contributed by atoms with Gasteiger partial charge in [0.15, 0.2) is 11.5 Å². The first-order chi connectivity index (χ1) is 12.2. The summed E-state index contributed by atoms with van der Waals surface area (Å²) < 4.78 is 12.7. The van der Waals surface area contributed by atoms with Crippen LogP contribution in [0.1, 0.15) is 19.2 Å². The van der Waals surface area contributed by atoms with E-state index >= 15 is 0 Å². The summed E-state index contributed by atoms with van der Waals surface area (Å²) in [4.78, 5) is 9.43. The van der Waals surface area contributed by atoms with Gasteiger partial charge in [-0.1, -0.05) is 0 Å². The number of aryl methyl sites for hydroxylation is 1. The van der Waals surface area contributed by atoms with Gasteiger partial charge in [-0.3, -0.25) is 4.90 Å². The molecule has 2 aliphatic rings. The summed E-state index contributed by atoms with van der Waals surface area (Å²) in [5.41, 5.74) is 0.962. The lowest BCUT2D eigenvalue weighted by Gasteiger charge is -2.36. The van der Waals surface area contributed by atoms with Gasteiger partial charge < -0.3 is 14.4 Å². The minimum Gasteiger partial charge on any atom is -0.454 e. The van der Waals surface area contributed by atoms with Crippen molar-refractivity contribution in [3.8, 4) is 17.2 Å². The van der Waals surface area contributed by atoms with Crippen molar-refractivity contribution in [2.75, 3.05) is 40.0 Å². The van der Waals surface area contributed by atoms with E-state index in [9.17, 15) is 0 Å². The number of aromatic nitrogens is 3. The standard InChI is InChI=1S/C18H25N5O2/c1-14(22-9-7-21(2)8-10-22)3-6-18-19-12-20-23(18)15-4-5-16-17(11-15)25-13-24-16/h4-5,11-12,14H,3,6-10,13H2,1-2H3/t14-/m1/s1. The molecular formula is C18H25N5O2. The molecule has 2 aliphatic heterocycles. The maximum Gasteiger partial charge on any atom is 0.231 e. The van der Waals surface area contributed by atoms with Crippen molar-refractivity contribution in [2.24, 2.45) is 0 Å². The van der Waals surface area contributed by atoms with Gasteiger partial charge in [-0.2, -0.15) is 5.10 Å². The summed E-state index contributed by atoms with van der Waals surface area (Å²) in [7, 11) is 2.19. The number of piperazine rings is 1. The Bertz CT molecular complexity index is 724. The lowest BCUT2D eigenvalue weighted by molar-refractivity contribution is 0.114. The largest absolute Gasteiger partial charge is 0.454 e. The van der Waals surface area contributed by atoms with Crippen molar-refractivity contribution in [3.63, 3.8) is 0 Å². The zero-order chi connectivity index (χ0) is 17.2. The molecule has 7 heteroatoms. The second-order valence-corrected chi connectivity index (χ2v) is 6.85. The van der Waals surface area contributed by atoms with Crippen molar-refractivity contribution in [2.45, 2.75) is 25.8 Å². The van der Waals surface area contributed by atoms with Crippen molar-refractivity contribution in [1.82, 2.24) is 24.6 Å². The number of ether oxygens (including phenoxy) is 2. The lowest BCUT2D eigenvalue weighted by atomic mass is 10.1. The third kappa shape index (κ3) is 3.48. The summed E-state index contributed by atoms with van der Waals surface area (Å²) in [6.07, 6.45) is 3.61. The quantitative estimate of drug-likeness (QED) is 0.821. The number of hydrogen-bond donors (Lipinski definition) is 0. The Morgan fingerprint density at radius 2 is 1.92 bits per heavy atom. The van der Waals surface area contributed by atoms with Crippen LogP contribution in [-0.2, 0) is 6.42 Å². The smallest absolute Gasteiger partial charge is 0.231 e. The Morgan fingerprint density at radius 3 is 2.76 bits per heavy atom. The molecule has 0 saturated carbocycles. The van der Waals surface area contributed by atoms with Crippen LogP contribution in [0.2, 0.25) is 0 Å². The minimum absolute atomic E-state index is 0.283. The van der Waals surface area contributed by atoms with Crippen molar-refractivity contribution in [1.29, 1.82) is 0 Å². The molecule has 4 rings (SSSR count). The average Bonchev–Trinajstić information content (AvgIpc) is 3.28. The number of hydrogen-bond acceptors (Lipinski definition) is 6. The van der Waals surface area contributed by atoms with E-state index in [0.29, 0.717) is 6.04 Å². The zero-order valence-electron chi connectivity index (χ0n) is 14.9. The van der Waals surface area contributed by atoms with Crippen LogP contribution in [0, 0.1) is 0 Å². The topological polar surface area (TPSA) is 55.7 Å². The fourth-order valence-corrected chi connectivity index (χ4v) is 3.45. The van der Waals surface area contributed by atoms with Crippen LogP contribution < -0.4 is 9.47 Å². The van der Waals surface area contributed by atoms with Gasteiger partial charge in [0, 0.05) is 44.7 Å². The summed E-state index contributed by atoms with van der Waals surface area (Å²) in [5, 5.41) is 4.40. The lowest BCUT2D eigenvalue weighted by Crippen LogP contribution is -2.48. The van der Waals surface area contributed by atoms with Crippen LogP contribution in [0.3, 0.4) is 0 Å². The van der Waals surface area contributed by atoms with Gasteiger partial charge in [-0.15, -0.1) is 0 Å². The maximum absolute atomic E-state index is 5.47. The first-order valence-electron chi connectivity index (χ1n) is 8.92. The molecule has 0 aliphatic carbocycles. The highest BCUT2D eigenvalue weighted by atomic mass is 16.7. The number of fused-ring (bicyclic) bond motifs is 1. The van der Waals surface area contributed by atoms with Crippen LogP contribution in [-0.4, -0.2) is 70.6 Å². The maximum atomic E-state index is 5.47. The van der Waals surface area contributed by atoms with E-state index in [-0.39, 0.29) is 6.79 Å². The third-order valence-corrected chi connectivity index (χ3v) is 5.17. The normalized spacial score (nSPS) is 19.3. The summed E-state index contributed by atoms with van der Waals surface area (Å²) in [6.45, 7) is 7.19. The molecule has 7 nitrogen and oxygen atoms in total. The molecule has 134 valence electrons. The van der Waals surface area contributed by atoms with Crippen LogP contribution >= 0.6 is 0 Å². The highest BCUT2D eigenvalue weighted by molar-refractivity contribution is 5.49. The number of rotatable bonds is 5. The Balaban J connectivity index is 1.42. The van der Waals surface area contributed by atoms with Gasteiger partial charge in [0.05, 0.1) is 5.69 Å². The molecule has 1 fully saturated rings. The molecule has 0 bridgehead atoms. The molecule has 0 radical (unpaired) electrons. The van der Waals surface area contributed by atoms with E-state index in [1.165, 1.54) is 0 Å². The highest BCUT2D eigenvalue weighted by Crippen LogP contribution is 2.33. The van der Waals surface area contributed by atoms with Crippen LogP contribution in [0.15, 0.2) is 24.5 Å². The number of nitrogens with zero attached hydrogens (tertiary/aromatic N) is 5. The second kappa shape index (κ2) is 7.01. The van der Waals surface area contributed by atoms with Crippen LogP contribution in [0.5, 0.6) is 11.5 Å². The highest BCUT2D eigenvalue weighted by Gasteiger charge is 2.20. The predicted molar refractivity (Wildman–Crippen MR) is 94.3 cm³/mol. The minimum atomic E-state index is 0.283. The van der Waals surface area contributed by atoms with E-state index in [4.69, 9.17) is 9.47 Å². The van der Waals surface area contributed by atoms with Gasteiger partial charge in [0.2, 0.25) is 6.79 Å². The van der Waals surface area contributed by atoms with Gasteiger partial charge in [-0.05, 0) is 32.5 Å². The van der Waals surface area contributed by atoms with Gasteiger partial charge in [0.25, 0.3) is 0 Å². The van der Waals surface area contributed by atoms with Gasteiger partial charge in [-0.25, -0.2) is 9.67 Å². The summed E-state index contributed by atoms with van der Waals surface area (Å²) in [6, 6.07) is 6.44. The molecule has 0 amide bonds. The molecular weight excluding hydrogens is 318 g/mol. The van der Waals surface area contributed by atoms with E-state index < -0.39 is 0 Å². The zero-order valence-corrected chi connectivity index (χ0v) is 14.9. The van der Waals surface area contributed by atoms with Crippen LogP contribution in [0.25, 0.3) is 5.69 Å². The monoisotopic (exact) mass is 343 g/mol. The number of likely N-dealkylation sites (N-methyl/N-ethyl adjacent to an activating group) is 1. The van der Waals surface area contributed by atoms with Crippen molar-refractivity contribution in [3.05, 3.63) is 30.4 Å². The van der Waals surface area contributed by atoms with E-state index in [1.54, 1.807) is 6.33 Å². The van der Waals surface area contributed by atoms with E-state index in [0.717, 1.165) is 62.0 Å². The molecule has 2 aromatic rings. The fourth-order valence-electron chi connectivity index (χ4n) is 3.45. The third-order valence-electron chi connectivity index (χ3n) is 5.17. The first kappa shape index (κ1) is 16.4. The van der Waals surface area contributed by atoms with Gasteiger partial charge >= 0.3 is 0 Å². The predicted octanol–water partition coefficient (Wildman–Crippen LogP) is 1.56. The molecule has 1 aromatic heterocycles. The molecule has 1 aromatic carbocycles. The molecule has 0 spiro atoms. The van der Waals surface area contributed by atoms with Crippen molar-refractivity contribution < 1.29 is 9.47 Å². The first-order valence-corrected chi connectivity index (χ1v) is 8.92. The summed E-state index contributed by atoms with van der Waals surface area (Å²) >= 11 is 0. The van der Waals surface area contributed by atoms with Gasteiger partial charge in [0.1, 0.15) is 12.2 Å². The molecule has 0 N–H and O–H groups in total. The molecule has 3 heterocycles. The molecule has 25 heavy (non-hydrogen) atoms. The Hall–Kier alpha value is -2.12. The SMILES string of the molecule is C[C@H](CCc1ncnn1-c1ccc2c(c1)OCO2)N1CCN(C)CC1.